The van der Waals surface area contributed by atoms with Crippen LogP contribution in [0.3, 0.4) is 0 Å². The van der Waals surface area contributed by atoms with Gasteiger partial charge in [0.2, 0.25) is 0 Å². The van der Waals surface area contributed by atoms with E-state index in [0.29, 0.717) is 18.9 Å². The van der Waals surface area contributed by atoms with Gasteiger partial charge in [-0.15, -0.1) is 0 Å². The van der Waals surface area contributed by atoms with Crippen LogP contribution in [0.4, 0.5) is 0 Å². The molecule has 0 bridgehead atoms. The summed E-state index contributed by atoms with van der Waals surface area (Å²) in [5.41, 5.74) is 21.5. The quantitative estimate of drug-likeness (QED) is 0.0332. The van der Waals surface area contributed by atoms with E-state index in [1.54, 1.807) is 20.2 Å². The van der Waals surface area contributed by atoms with E-state index in [1.807, 2.05) is 157 Å². The number of carbonyl (C=O) groups excluding carboxylic acids is 3. The molecule has 14 aromatic rings. The number of hydrogen-bond donors (Lipinski definition) is 3. The first kappa shape index (κ1) is 72.7. The zero-order valence-corrected chi connectivity index (χ0v) is 60.3. The highest BCUT2D eigenvalue weighted by molar-refractivity contribution is 9.10. The first-order valence-corrected chi connectivity index (χ1v) is 34.5. The van der Waals surface area contributed by atoms with Crippen LogP contribution in [0.2, 0.25) is 0 Å². The smallest absolute Gasteiger partial charge is 0.350 e. The minimum absolute atomic E-state index is 0.0312. The van der Waals surface area contributed by atoms with Gasteiger partial charge in [0, 0.05) is 136 Å². The summed E-state index contributed by atoms with van der Waals surface area (Å²) >= 11 is 3.44. The topological polar surface area (TPSA) is 140 Å². The molecule has 0 saturated heterocycles. The van der Waals surface area contributed by atoms with Gasteiger partial charge in [-0.2, -0.15) is 11.0 Å². The van der Waals surface area contributed by atoms with Crippen molar-refractivity contribution in [3.05, 3.63) is 335 Å². The van der Waals surface area contributed by atoms with Crippen molar-refractivity contribution in [1.29, 1.82) is 0 Å². The molecule has 0 aliphatic carbocycles. The van der Waals surface area contributed by atoms with E-state index in [4.69, 9.17) is 14.4 Å². The predicted molar refractivity (Wildman–Crippen MR) is 416 cm³/mol. The van der Waals surface area contributed by atoms with Crippen molar-refractivity contribution in [2.45, 2.75) is 31.6 Å². The number of benzene rings is 9. The molecule has 3 N–H and O–H groups in total. The summed E-state index contributed by atoms with van der Waals surface area (Å²) in [6.07, 6.45) is 14.8. The maximum absolute atomic E-state index is 12.0. The SMILES string of the molecule is CCOC(=O)/C=C(\c1ccccc1)c1ccc2ccn(C)c2c1.CNCCC(c1ccccc1)c1ccc2ccn(C)c2c1.CNOC(=O)/C=C(\c1ccccc1)c1ccc2ccn(C)c2c1.CNOC(=O)CC(c1ccccc1)c1ccc2ccn(C)c2c1.Cn1ccc2ccc(Br)cc21. The maximum Gasteiger partial charge on any atom is 0.350 e. The molecular formula is C86H87BrN8O6. The van der Waals surface area contributed by atoms with Crippen LogP contribution in [0.1, 0.15) is 76.1 Å². The molecule has 5 aromatic heterocycles. The lowest BCUT2D eigenvalue weighted by Crippen LogP contribution is -2.18. The number of nitrogens with one attached hydrogen (secondary N) is 3. The van der Waals surface area contributed by atoms with E-state index >= 15 is 0 Å². The van der Waals surface area contributed by atoms with Crippen molar-refractivity contribution < 1.29 is 28.8 Å². The predicted octanol–water partition coefficient (Wildman–Crippen LogP) is 17.7. The number of aryl methyl sites for hydroxylation is 5. The summed E-state index contributed by atoms with van der Waals surface area (Å²) in [6.45, 7) is 3.20. The standard InChI is InChI=1S/C20H19NO2.C19H20N2O2.C19H18N2O2.C19H22N2.C9H8BrN/c1-3-23-20(22)14-18(15-7-5-4-6-8-15)17-10-9-16-11-12-21(2)19(16)13-17;2*1-20-23-19(22)13-17(14-6-4-3-5-7-14)16-9-8-15-10-11-21(2)18(15)12-16;1-20-12-10-18(15-6-4-3-5-7-15)17-9-8-16-11-13-21(2)19(16)14-17;1-11-5-4-7-2-3-8(10)6-9(7)11/h4-14H,3H2,1-2H3;3-12,17,20H,13H2,1-2H3;3-13,20H,1-2H3;3-9,11,13-14,18,20H,10,12H2,1-2H3;2-6H,1H3/b18-14+;;17-13+;;. The number of esters is 1. The van der Waals surface area contributed by atoms with Crippen molar-refractivity contribution in [1.82, 2.24) is 39.1 Å². The van der Waals surface area contributed by atoms with Crippen molar-refractivity contribution in [3.63, 3.8) is 0 Å². The zero-order chi connectivity index (χ0) is 71.2. The summed E-state index contributed by atoms with van der Waals surface area (Å²) in [5, 5.41) is 9.41. The number of hydroxylamine groups is 2. The number of rotatable bonds is 18. The summed E-state index contributed by atoms with van der Waals surface area (Å²) in [5.74, 6) is -0.612. The lowest BCUT2D eigenvalue weighted by atomic mass is 9.88. The van der Waals surface area contributed by atoms with Crippen molar-refractivity contribution >= 4 is 99.5 Å². The van der Waals surface area contributed by atoms with Gasteiger partial charge in [0.05, 0.1) is 13.0 Å². The molecule has 14 nitrogen and oxygen atoms in total. The minimum Gasteiger partial charge on any atom is -0.463 e. The monoisotopic (exact) mass is 1410 g/mol. The van der Waals surface area contributed by atoms with Gasteiger partial charge in [0.1, 0.15) is 0 Å². The molecule has 2 atom stereocenters. The number of aromatic nitrogens is 5. The van der Waals surface area contributed by atoms with E-state index in [0.717, 1.165) is 78.5 Å². The third kappa shape index (κ3) is 19.0. The van der Waals surface area contributed by atoms with Crippen LogP contribution in [0.25, 0.3) is 65.7 Å². The summed E-state index contributed by atoms with van der Waals surface area (Å²) in [6, 6.07) is 83.0. The van der Waals surface area contributed by atoms with Gasteiger partial charge in [0.25, 0.3) is 0 Å². The molecule has 0 fully saturated rings. The number of ether oxygens (including phenoxy) is 1. The molecule has 101 heavy (non-hydrogen) atoms. The van der Waals surface area contributed by atoms with Gasteiger partial charge in [0.15, 0.2) is 0 Å². The van der Waals surface area contributed by atoms with Crippen LogP contribution in [-0.2, 0) is 64.0 Å². The third-order valence-corrected chi connectivity index (χ3v) is 18.2. The highest BCUT2D eigenvalue weighted by Gasteiger charge is 2.21. The lowest BCUT2D eigenvalue weighted by Gasteiger charge is -2.18. The van der Waals surface area contributed by atoms with E-state index in [-0.39, 0.29) is 17.9 Å². The van der Waals surface area contributed by atoms with Crippen molar-refractivity contribution in [3.8, 4) is 0 Å². The minimum atomic E-state index is -0.432. The fourth-order valence-corrected chi connectivity index (χ4v) is 12.8. The van der Waals surface area contributed by atoms with Gasteiger partial charge >= 0.3 is 17.9 Å². The largest absolute Gasteiger partial charge is 0.463 e. The molecule has 0 saturated carbocycles. The Hall–Kier alpha value is -11.1. The molecule has 0 spiro atoms. The second-order valence-corrected chi connectivity index (χ2v) is 25.4. The van der Waals surface area contributed by atoms with Crippen LogP contribution in [-0.4, -0.2) is 75.0 Å². The highest BCUT2D eigenvalue weighted by atomic mass is 79.9. The van der Waals surface area contributed by atoms with Crippen LogP contribution in [0.15, 0.2) is 290 Å². The molecule has 15 heteroatoms. The Morgan fingerprint density at radius 1 is 0.396 bits per heavy atom. The number of hydrogen-bond acceptors (Lipinski definition) is 9. The number of nitrogens with zero attached hydrogens (tertiary/aromatic N) is 5. The Kier molecular flexibility index (Phi) is 25.6. The van der Waals surface area contributed by atoms with Gasteiger partial charge in [-0.1, -0.05) is 192 Å². The second kappa shape index (κ2) is 35.6. The first-order chi connectivity index (χ1) is 49.1. The zero-order valence-electron chi connectivity index (χ0n) is 58.7. The van der Waals surface area contributed by atoms with Crippen LogP contribution >= 0.6 is 15.9 Å². The average Bonchev–Trinajstić information content (AvgIpc) is 1.79. The molecular weight excluding hydrogens is 1320 g/mol. The average molecular weight is 1410 g/mol. The maximum atomic E-state index is 12.0. The molecule has 0 amide bonds. The van der Waals surface area contributed by atoms with Gasteiger partial charge < -0.3 is 42.6 Å². The second-order valence-electron chi connectivity index (χ2n) is 24.4. The Bertz CT molecular complexity index is 4960. The van der Waals surface area contributed by atoms with E-state index < -0.39 is 5.97 Å². The Balaban J connectivity index is 0.000000138. The number of carbonyl (C=O) groups is 3. The molecule has 514 valence electrons. The molecule has 2 unspecified atom stereocenters. The van der Waals surface area contributed by atoms with E-state index in [9.17, 15) is 14.4 Å². The van der Waals surface area contributed by atoms with E-state index in [1.165, 1.54) is 55.2 Å². The molecule has 9 aromatic carbocycles. The molecule has 0 radical (unpaired) electrons. The summed E-state index contributed by atoms with van der Waals surface area (Å²) in [7, 11) is 15.4. The van der Waals surface area contributed by atoms with Crippen molar-refractivity contribution in [2.24, 2.45) is 35.2 Å². The van der Waals surface area contributed by atoms with Gasteiger partial charge in [-0.05, 0) is 176 Å². The first-order valence-electron chi connectivity index (χ1n) is 33.7. The molecule has 5 heterocycles. The Morgan fingerprint density at radius 2 is 0.762 bits per heavy atom. The van der Waals surface area contributed by atoms with Gasteiger partial charge in [-0.3, -0.25) is 4.79 Å². The highest BCUT2D eigenvalue weighted by Crippen LogP contribution is 2.34. The summed E-state index contributed by atoms with van der Waals surface area (Å²) in [4.78, 5) is 45.6. The summed E-state index contributed by atoms with van der Waals surface area (Å²) < 4.78 is 16.8. The number of halogens is 1. The van der Waals surface area contributed by atoms with Crippen LogP contribution in [0, 0.1) is 0 Å². The third-order valence-electron chi connectivity index (χ3n) is 17.7. The van der Waals surface area contributed by atoms with Crippen LogP contribution < -0.4 is 16.3 Å². The van der Waals surface area contributed by atoms with Crippen LogP contribution in [0.5, 0.6) is 0 Å². The fraction of sp³-hybridized carbons (Fsp3) is 0.174. The van der Waals surface area contributed by atoms with Crippen molar-refractivity contribution in [2.75, 3.05) is 34.3 Å². The molecule has 0 aliphatic rings. The molecule has 14 rings (SSSR count). The Labute approximate surface area is 599 Å². The lowest BCUT2D eigenvalue weighted by molar-refractivity contribution is -0.150. The normalized spacial score (nSPS) is 11.9. The Morgan fingerprint density at radius 3 is 1.18 bits per heavy atom. The van der Waals surface area contributed by atoms with E-state index in [2.05, 4.69) is 221 Å². The molecule has 0 aliphatic heterocycles. The fourth-order valence-electron chi connectivity index (χ4n) is 12.5. The number of fused-ring (bicyclic) bond motifs is 5. The van der Waals surface area contributed by atoms with Gasteiger partial charge in [-0.25, -0.2) is 9.59 Å².